The molecule has 4 N–H and O–H groups in total. The molecular weight excluding hydrogens is 162 g/mol. The Morgan fingerprint density at radius 3 is 2.77 bits per heavy atom. The molecule has 0 amide bonds. The van der Waals surface area contributed by atoms with Crippen LogP contribution >= 0.6 is 0 Å². The van der Waals surface area contributed by atoms with E-state index in [4.69, 9.17) is 11.5 Å². The molecule has 0 saturated heterocycles. The number of rotatable bonds is 1. The van der Waals surface area contributed by atoms with Gasteiger partial charge in [0.1, 0.15) is 0 Å². The Hall–Kier alpha value is -0.830. The maximum absolute atomic E-state index is 5.84. The Morgan fingerprint density at radius 2 is 2.23 bits per heavy atom. The van der Waals surface area contributed by atoms with Gasteiger partial charge in [-0.25, -0.2) is 0 Å². The molecule has 0 radical (unpaired) electrons. The second-order valence-electron chi connectivity index (χ2n) is 3.86. The Kier molecular flexibility index (Phi) is 3.48. The molecule has 1 saturated carbocycles. The van der Waals surface area contributed by atoms with Crippen molar-refractivity contribution in [3.63, 3.8) is 0 Å². The molecule has 1 aliphatic rings. The van der Waals surface area contributed by atoms with Crippen molar-refractivity contribution in [1.29, 1.82) is 0 Å². The fraction of sp³-hybridized carbons (Fsp3) is 0.700. The van der Waals surface area contributed by atoms with Crippen molar-refractivity contribution in [2.45, 2.75) is 45.2 Å². The third-order valence-corrected chi connectivity index (χ3v) is 2.22. The molecule has 13 heavy (non-hydrogen) atoms. The molecule has 0 aromatic heterocycles. The van der Waals surface area contributed by atoms with E-state index in [1.807, 2.05) is 0 Å². The van der Waals surface area contributed by atoms with Gasteiger partial charge in [0.05, 0.1) is 0 Å². The summed E-state index contributed by atoms with van der Waals surface area (Å²) in [6.07, 6.45) is 4.54. The summed E-state index contributed by atoms with van der Waals surface area (Å²) in [5.74, 6) is 0. The summed E-state index contributed by atoms with van der Waals surface area (Å²) in [5.41, 5.74) is 13.7. The minimum atomic E-state index is 0.265. The van der Waals surface area contributed by atoms with Crippen molar-refractivity contribution >= 4 is 5.71 Å². The van der Waals surface area contributed by atoms with Crippen molar-refractivity contribution < 1.29 is 0 Å². The first-order valence-corrected chi connectivity index (χ1v) is 4.87. The molecule has 1 atom stereocenters. The molecule has 0 spiro atoms. The highest BCUT2D eigenvalue weighted by Crippen LogP contribution is 2.20. The summed E-state index contributed by atoms with van der Waals surface area (Å²) in [7, 11) is 0. The number of nitrogens with zero attached hydrogens (tertiary/aromatic N) is 1. The molecule has 3 heteroatoms. The van der Waals surface area contributed by atoms with Crippen LogP contribution in [0.4, 0.5) is 0 Å². The van der Waals surface area contributed by atoms with E-state index < -0.39 is 0 Å². The van der Waals surface area contributed by atoms with Crippen LogP contribution in [0.3, 0.4) is 0 Å². The monoisotopic (exact) mass is 181 g/mol. The van der Waals surface area contributed by atoms with E-state index in [9.17, 15) is 0 Å². The van der Waals surface area contributed by atoms with E-state index in [0.29, 0.717) is 6.04 Å². The molecule has 74 valence electrons. The lowest BCUT2D eigenvalue weighted by molar-refractivity contribution is 0.603. The second-order valence-corrected chi connectivity index (χ2v) is 3.86. The minimum Gasteiger partial charge on any atom is -0.404 e. The van der Waals surface area contributed by atoms with E-state index in [0.717, 1.165) is 30.5 Å². The van der Waals surface area contributed by atoms with E-state index in [1.165, 1.54) is 0 Å². The van der Waals surface area contributed by atoms with Gasteiger partial charge in [-0.1, -0.05) is 0 Å². The van der Waals surface area contributed by atoms with Crippen molar-refractivity contribution in [2.75, 3.05) is 0 Å². The lowest BCUT2D eigenvalue weighted by Crippen LogP contribution is -2.29. The zero-order valence-electron chi connectivity index (χ0n) is 8.46. The predicted octanol–water partition coefficient (Wildman–Crippen LogP) is 1.19. The Balaban J connectivity index is 2.75. The summed E-state index contributed by atoms with van der Waals surface area (Å²) in [4.78, 5) is 4.54. The van der Waals surface area contributed by atoms with Crippen LogP contribution in [0.15, 0.2) is 16.8 Å². The highest BCUT2D eigenvalue weighted by atomic mass is 14.8. The van der Waals surface area contributed by atoms with Gasteiger partial charge in [-0.05, 0) is 44.9 Å². The van der Waals surface area contributed by atoms with Crippen LogP contribution in [0.5, 0.6) is 0 Å². The molecule has 1 rings (SSSR count). The van der Waals surface area contributed by atoms with Crippen LogP contribution in [-0.4, -0.2) is 17.8 Å². The van der Waals surface area contributed by atoms with Crippen LogP contribution < -0.4 is 11.5 Å². The zero-order chi connectivity index (χ0) is 9.84. The largest absolute Gasteiger partial charge is 0.404 e. The van der Waals surface area contributed by atoms with E-state index >= 15 is 0 Å². The molecular formula is C10H19N3. The molecule has 3 nitrogen and oxygen atoms in total. The molecule has 0 heterocycles. The predicted molar refractivity (Wildman–Crippen MR) is 56.7 cm³/mol. The van der Waals surface area contributed by atoms with Crippen molar-refractivity contribution in [1.82, 2.24) is 0 Å². The number of aliphatic imine (C=N–C) groups is 1. The van der Waals surface area contributed by atoms with Gasteiger partial charge in [-0.15, -0.1) is 0 Å². The smallest absolute Gasteiger partial charge is 0.0446 e. The van der Waals surface area contributed by atoms with Crippen LogP contribution in [0, 0.1) is 0 Å². The Morgan fingerprint density at radius 1 is 1.54 bits per heavy atom. The van der Waals surface area contributed by atoms with Gasteiger partial charge < -0.3 is 11.5 Å². The van der Waals surface area contributed by atoms with Gasteiger partial charge >= 0.3 is 0 Å². The maximum atomic E-state index is 5.84. The molecule has 1 unspecified atom stereocenters. The third kappa shape index (κ3) is 2.84. The van der Waals surface area contributed by atoms with Gasteiger partial charge in [0, 0.05) is 17.8 Å². The number of nitrogens with two attached hydrogens (primary N) is 2. The van der Waals surface area contributed by atoms with Crippen LogP contribution in [0.25, 0.3) is 0 Å². The summed E-state index contributed by atoms with van der Waals surface area (Å²) >= 11 is 0. The SMILES string of the molecule is CC(C)N=C1CCC(N)CC1=CN. The first-order chi connectivity index (χ1) is 6.13. The molecule has 0 aliphatic heterocycles. The molecule has 0 aromatic carbocycles. The lowest BCUT2D eigenvalue weighted by Gasteiger charge is -2.22. The highest BCUT2D eigenvalue weighted by Gasteiger charge is 2.18. The van der Waals surface area contributed by atoms with Crippen molar-refractivity contribution in [3.05, 3.63) is 11.8 Å². The number of hydrogen-bond acceptors (Lipinski definition) is 3. The van der Waals surface area contributed by atoms with Gasteiger partial charge in [0.15, 0.2) is 0 Å². The fourth-order valence-electron chi connectivity index (χ4n) is 1.61. The topological polar surface area (TPSA) is 64.4 Å². The van der Waals surface area contributed by atoms with Crippen molar-refractivity contribution in [2.24, 2.45) is 16.5 Å². The maximum Gasteiger partial charge on any atom is 0.0446 e. The Labute approximate surface area is 79.9 Å². The molecule has 0 bridgehead atoms. The van der Waals surface area contributed by atoms with Crippen LogP contribution in [0.1, 0.15) is 33.1 Å². The third-order valence-electron chi connectivity index (χ3n) is 2.22. The van der Waals surface area contributed by atoms with Gasteiger partial charge in [0.25, 0.3) is 0 Å². The van der Waals surface area contributed by atoms with Crippen LogP contribution in [-0.2, 0) is 0 Å². The van der Waals surface area contributed by atoms with E-state index in [2.05, 4.69) is 18.8 Å². The summed E-state index contributed by atoms with van der Waals surface area (Å²) < 4.78 is 0. The highest BCUT2D eigenvalue weighted by molar-refractivity contribution is 6.01. The first-order valence-electron chi connectivity index (χ1n) is 4.87. The Bertz CT molecular complexity index is 228. The zero-order valence-corrected chi connectivity index (χ0v) is 8.46. The van der Waals surface area contributed by atoms with Gasteiger partial charge in [0.2, 0.25) is 0 Å². The van der Waals surface area contributed by atoms with Crippen LogP contribution in [0.2, 0.25) is 0 Å². The lowest BCUT2D eigenvalue weighted by atomic mass is 9.90. The number of hydrogen-bond donors (Lipinski definition) is 2. The van der Waals surface area contributed by atoms with Crippen molar-refractivity contribution in [3.8, 4) is 0 Å². The van der Waals surface area contributed by atoms with E-state index in [1.54, 1.807) is 6.20 Å². The summed E-state index contributed by atoms with van der Waals surface area (Å²) in [6.45, 7) is 4.16. The minimum absolute atomic E-state index is 0.265. The average molecular weight is 181 g/mol. The standard InChI is InChI=1S/C10H19N3/c1-7(2)13-10-4-3-9(12)5-8(10)6-11/h6-7,9H,3-5,11-12H2,1-2H3. The molecule has 1 aliphatic carbocycles. The summed E-state index contributed by atoms with van der Waals surface area (Å²) in [6, 6.07) is 0.611. The molecule has 0 aromatic rings. The first kappa shape index (κ1) is 10.3. The second kappa shape index (κ2) is 4.42. The van der Waals surface area contributed by atoms with E-state index in [-0.39, 0.29) is 6.04 Å². The summed E-state index contributed by atoms with van der Waals surface area (Å²) in [5, 5.41) is 0. The van der Waals surface area contributed by atoms with Gasteiger partial charge in [-0.3, -0.25) is 4.99 Å². The van der Waals surface area contributed by atoms with Gasteiger partial charge in [-0.2, -0.15) is 0 Å². The quantitative estimate of drug-likeness (QED) is 0.638. The average Bonchev–Trinajstić information content (AvgIpc) is 2.07. The fourth-order valence-corrected chi connectivity index (χ4v) is 1.61. The normalized spacial score (nSPS) is 30.3. The molecule has 1 fully saturated rings.